The Balaban J connectivity index is 1.79. The summed E-state index contributed by atoms with van der Waals surface area (Å²) in [5, 5.41) is 2.94. The second-order valence-corrected chi connectivity index (χ2v) is 6.02. The molecule has 0 saturated carbocycles. The average Bonchev–Trinajstić information content (AvgIpc) is 2.63. The summed E-state index contributed by atoms with van der Waals surface area (Å²) < 4.78 is 11.2. The highest BCUT2D eigenvalue weighted by Crippen LogP contribution is 2.35. The van der Waals surface area contributed by atoms with E-state index in [1.165, 1.54) is 5.56 Å². The fraction of sp³-hybridized carbons (Fsp3) is 0.368. The van der Waals surface area contributed by atoms with Crippen LogP contribution < -0.4 is 10.1 Å². The molecule has 126 valence electrons. The zero-order valence-electron chi connectivity index (χ0n) is 14.0. The van der Waals surface area contributed by atoms with Crippen molar-refractivity contribution in [3.63, 3.8) is 0 Å². The fourth-order valence-corrected chi connectivity index (χ4v) is 3.01. The van der Waals surface area contributed by atoms with Crippen molar-refractivity contribution < 1.29 is 14.3 Å². The summed E-state index contributed by atoms with van der Waals surface area (Å²) in [7, 11) is 1.57. The molecule has 1 N–H and O–H groups in total. The number of amides is 1. The number of anilines is 1. The summed E-state index contributed by atoms with van der Waals surface area (Å²) in [5.41, 5.74) is 2.81. The second-order valence-electron chi connectivity index (χ2n) is 6.02. The number of carbonyl (C=O) groups excluding carboxylic acids is 1. The SMILES string of the molecule is COc1ccncc1NC(=O)[C@H]1CCCO[C@@H]1c1ccc(C)cc1. The number of nitrogens with one attached hydrogen (secondary N) is 1. The third-order valence-electron chi connectivity index (χ3n) is 4.32. The summed E-state index contributed by atoms with van der Waals surface area (Å²) >= 11 is 0. The molecule has 1 fully saturated rings. The van der Waals surface area contributed by atoms with Gasteiger partial charge in [-0.1, -0.05) is 29.8 Å². The minimum absolute atomic E-state index is 0.0634. The summed E-state index contributed by atoms with van der Waals surface area (Å²) in [6.45, 7) is 2.73. The first-order chi connectivity index (χ1) is 11.7. The molecule has 1 aliphatic rings. The van der Waals surface area contributed by atoms with E-state index >= 15 is 0 Å². The van der Waals surface area contributed by atoms with Crippen LogP contribution in [0.4, 0.5) is 5.69 Å². The van der Waals surface area contributed by atoms with Crippen molar-refractivity contribution in [3.8, 4) is 5.75 Å². The minimum atomic E-state index is -0.230. The molecule has 2 aromatic rings. The van der Waals surface area contributed by atoms with Gasteiger partial charge in [0.25, 0.3) is 0 Å². The first kappa shape index (κ1) is 16.5. The molecule has 2 atom stereocenters. The molecule has 1 aromatic heterocycles. The number of ether oxygens (including phenoxy) is 2. The molecule has 1 aliphatic heterocycles. The summed E-state index contributed by atoms with van der Waals surface area (Å²) in [5.74, 6) is 0.305. The normalized spacial score (nSPS) is 20.4. The van der Waals surface area contributed by atoms with Crippen molar-refractivity contribution in [2.24, 2.45) is 5.92 Å². The number of pyridine rings is 1. The van der Waals surface area contributed by atoms with Gasteiger partial charge in [0.2, 0.25) is 5.91 Å². The molecule has 5 nitrogen and oxygen atoms in total. The van der Waals surface area contributed by atoms with Gasteiger partial charge in [-0.05, 0) is 25.3 Å². The van der Waals surface area contributed by atoms with Crippen LogP contribution in [0.3, 0.4) is 0 Å². The lowest BCUT2D eigenvalue weighted by Gasteiger charge is -2.31. The van der Waals surface area contributed by atoms with Crippen molar-refractivity contribution in [1.29, 1.82) is 0 Å². The average molecular weight is 326 g/mol. The molecule has 24 heavy (non-hydrogen) atoms. The van der Waals surface area contributed by atoms with Gasteiger partial charge in [-0.25, -0.2) is 0 Å². The molecular formula is C19H22N2O3. The van der Waals surface area contributed by atoms with Crippen molar-refractivity contribution in [2.45, 2.75) is 25.9 Å². The third-order valence-corrected chi connectivity index (χ3v) is 4.32. The van der Waals surface area contributed by atoms with E-state index in [0.29, 0.717) is 18.0 Å². The van der Waals surface area contributed by atoms with Gasteiger partial charge in [-0.3, -0.25) is 9.78 Å². The highest BCUT2D eigenvalue weighted by Gasteiger charge is 2.33. The van der Waals surface area contributed by atoms with Gasteiger partial charge in [0.05, 0.1) is 25.3 Å². The van der Waals surface area contributed by atoms with Crippen LogP contribution in [0.2, 0.25) is 0 Å². The van der Waals surface area contributed by atoms with Crippen LogP contribution in [0.1, 0.15) is 30.1 Å². The lowest BCUT2D eigenvalue weighted by Crippen LogP contribution is -2.33. The van der Waals surface area contributed by atoms with Crippen LogP contribution in [0.5, 0.6) is 5.75 Å². The summed E-state index contributed by atoms with van der Waals surface area (Å²) in [4.78, 5) is 16.9. The molecule has 0 bridgehead atoms. The number of aromatic nitrogens is 1. The van der Waals surface area contributed by atoms with Gasteiger partial charge in [0.15, 0.2) is 0 Å². The number of rotatable bonds is 4. The maximum absolute atomic E-state index is 12.8. The molecule has 1 amide bonds. The van der Waals surface area contributed by atoms with Crippen LogP contribution in [-0.4, -0.2) is 24.6 Å². The van der Waals surface area contributed by atoms with Gasteiger partial charge in [-0.2, -0.15) is 0 Å². The van der Waals surface area contributed by atoms with Crippen molar-refractivity contribution in [3.05, 3.63) is 53.9 Å². The number of hydrogen-bond donors (Lipinski definition) is 1. The third kappa shape index (κ3) is 3.57. The first-order valence-electron chi connectivity index (χ1n) is 8.16. The van der Waals surface area contributed by atoms with Crippen LogP contribution in [0.15, 0.2) is 42.7 Å². The van der Waals surface area contributed by atoms with Crippen molar-refractivity contribution >= 4 is 11.6 Å². The van der Waals surface area contributed by atoms with E-state index in [1.54, 1.807) is 25.6 Å². The Bertz CT molecular complexity index is 700. The largest absolute Gasteiger partial charge is 0.494 e. The summed E-state index contributed by atoms with van der Waals surface area (Å²) in [6.07, 6.45) is 4.69. The van der Waals surface area contributed by atoms with Gasteiger partial charge in [0, 0.05) is 18.9 Å². The molecule has 3 rings (SSSR count). The van der Waals surface area contributed by atoms with Crippen LogP contribution >= 0.6 is 0 Å². The topological polar surface area (TPSA) is 60.5 Å². The number of nitrogens with zero attached hydrogens (tertiary/aromatic N) is 1. The Morgan fingerprint density at radius 2 is 2.08 bits per heavy atom. The molecule has 0 spiro atoms. The van der Waals surface area contributed by atoms with Gasteiger partial charge < -0.3 is 14.8 Å². The lowest BCUT2D eigenvalue weighted by molar-refractivity contribution is -0.129. The molecule has 5 heteroatoms. The number of carbonyl (C=O) groups is 1. The predicted molar refractivity (Wildman–Crippen MR) is 92.0 cm³/mol. The van der Waals surface area contributed by atoms with Crippen molar-refractivity contribution in [1.82, 2.24) is 4.98 Å². The van der Waals surface area contributed by atoms with Crippen LogP contribution in [-0.2, 0) is 9.53 Å². The van der Waals surface area contributed by atoms with E-state index in [9.17, 15) is 4.79 Å². The monoisotopic (exact) mass is 326 g/mol. The van der Waals surface area contributed by atoms with E-state index in [0.717, 1.165) is 18.4 Å². The van der Waals surface area contributed by atoms with E-state index < -0.39 is 0 Å². The van der Waals surface area contributed by atoms with E-state index in [2.05, 4.69) is 10.3 Å². The molecule has 0 radical (unpaired) electrons. The first-order valence-corrected chi connectivity index (χ1v) is 8.16. The van der Waals surface area contributed by atoms with E-state index in [4.69, 9.17) is 9.47 Å². The standard InChI is InChI=1S/C19H22N2O3/c1-13-5-7-14(8-6-13)18-15(4-3-11-24-18)19(22)21-16-12-20-10-9-17(16)23-2/h5-10,12,15,18H,3-4,11H2,1-2H3,(H,21,22)/t15-,18+/m0/s1. The Morgan fingerprint density at radius 3 is 2.83 bits per heavy atom. The predicted octanol–water partition coefficient (Wildman–Crippen LogP) is 3.51. The molecular weight excluding hydrogens is 304 g/mol. The van der Waals surface area contributed by atoms with Gasteiger partial charge in [-0.15, -0.1) is 0 Å². The molecule has 1 aromatic carbocycles. The maximum Gasteiger partial charge on any atom is 0.230 e. The smallest absolute Gasteiger partial charge is 0.230 e. The Morgan fingerprint density at radius 1 is 1.29 bits per heavy atom. The van der Waals surface area contributed by atoms with Crippen LogP contribution in [0.25, 0.3) is 0 Å². The van der Waals surface area contributed by atoms with Crippen molar-refractivity contribution in [2.75, 3.05) is 19.0 Å². The zero-order chi connectivity index (χ0) is 16.9. The molecule has 1 saturated heterocycles. The highest BCUT2D eigenvalue weighted by atomic mass is 16.5. The number of benzene rings is 1. The Hall–Kier alpha value is -2.40. The maximum atomic E-state index is 12.8. The molecule has 2 heterocycles. The second kappa shape index (κ2) is 7.45. The zero-order valence-corrected chi connectivity index (χ0v) is 14.0. The molecule has 0 aliphatic carbocycles. The van der Waals surface area contributed by atoms with E-state index in [1.807, 2.05) is 31.2 Å². The minimum Gasteiger partial charge on any atom is -0.494 e. The van der Waals surface area contributed by atoms with E-state index in [-0.39, 0.29) is 17.9 Å². The van der Waals surface area contributed by atoms with Gasteiger partial charge in [0.1, 0.15) is 11.4 Å². The fourth-order valence-electron chi connectivity index (χ4n) is 3.01. The Labute approximate surface area is 142 Å². The lowest BCUT2D eigenvalue weighted by atomic mass is 9.88. The van der Waals surface area contributed by atoms with Crippen LogP contribution in [0, 0.1) is 12.8 Å². The van der Waals surface area contributed by atoms with Gasteiger partial charge >= 0.3 is 0 Å². The number of hydrogen-bond acceptors (Lipinski definition) is 4. The number of methoxy groups -OCH3 is 1. The quantitative estimate of drug-likeness (QED) is 0.934. The highest BCUT2D eigenvalue weighted by molar-refractivity contribution is 5.94. The number of aryl methyl sites for hydroxylation is 1. The summed E-state index contributed by atoms with van der Waals surface area (Å²) in [6, 6.07) is 9.90. The molecule has 0 unspecified atom stereocenters. The Kier molecular flexibility index (Phi) is 5.11.